The van der Waals surface area contributed by atoms with Crippen molar-refractivity contribution in [3.05, 3.63) is 76.0 Å². The Labute approximate surface area is 322 Å². The molecular formula is C47H62N2O5. The van der Waals surface area contributed by atoms with E-state index >= 15 is 0 Å². The number of aliphatic hydroxyl groups excluding tert-OH is 2. The highest BCUT2D eigenvalue weighted by atomic mass is 16.5. The summed E-state index contributed by atoms with van der Waals surface area (Å²) in [5.74, 6) is 0.232. The monoisotopic (exact) mass is 734 g/mol. The number of carbonyl (C=O) groups is 2. The van der Waals surface area contributed by atoms with E-state index in [4.69, 9.17) is 4.74 Å². The Balaban J connectivity index is 1.29. The first-order valence-corrected chi connectivity index (χ1v) is 20.3. The van der Waals surface area contributed by atoms with Gasteiger partial charge in [-0.15, -0.1) is 0 Å². The van der Waals surface area contributed by atoms with Crippen LogP contribution in [0.1, 0.15) is 154 Å². The highest BCUT2D eigenvalue weighted by Gasteiger charge is 2.67. The third kappa shape index (κ3) is 4.82. The standard InChI is InChI=1S/C47H62N2O5/c1-24(2)36-39(52)34-33-27(30-23-43(7,8)54-44(9,10)35(30)38(33)51)22-28-29-21-26-16-17-31-45(11,19-14-15-25(3)41(53)48-42(4,5)6)32(50)18-20-46(31,12)47(26,13)40(29)49(36)37(28)34/h14-15,19,22-23,26,31-32,35-36,38,50-51H,1,16-18,20-21H2,2-13H3,(H,48,53)/b19-14+,25-15+. The molecule has 9 unspecified atom stereocenters. The summed E-state index contributed by atoms with van der Waals surface area (Å²) in [5, 5.41) is 28.2. The lowest BCUT2D eigenvalue weighted by atomic mass is 9.40. The van der Waals surface area contributed by atoms with Gasteiger partial charge in [-0.2, -0.15) is 0 Å². The van der Waals surface area contributed by atoms with Crippen molar-refractivity contribution in [1.82, 2.24) is 9.88 Å². The Kier molecular flexibility index (Phi) is 7.96. The van der Waals surface area contributed by atoms with Crippen LogP contribution in [0.15, 0.2) is 48.1 Å². The van der Waals surface area contributed by atoms with E-state index in [2.05, 4.69) is 83.1 Å². The van der Waals surface area contributed by atoms with Crippen LogP contribution in [-0.4, -0.2) is 49.3 Å². The Morgan fingerprint density at radius 3 is 2.39 bits per heavy atom. The van der Waals surface area contributed by atoms with E-state index in [0.717, 1.165) is 58.9 Å². The normalized spacial score (nSPS) is 37.5. The summed E-state index contributed by atoms with van der Waals surface area (Å²) in [4.78, 5) is 27.8. The van der Waals surface area contributed by atoms with Gasteiger partial charge in [-0.3, -0.25) is 9.59 Å². The minimum atomic E-state index is -0.854. The summed E-state index contributed by atoms with van der Waals surface area (Å²) >= 11 is 0. The zero-order chi connectivity index (χ0) is 39.5. The lowest BCUT2D eigenvalue weighted by molar-refractivity contribution is -0.144. The maximum Gasteiger partial charge on any atom is 0.247 e. The van der Waals surface area contributed by atoms with Gasteiger partial charge in [-0.05, 0) is 141 Å². The Morgan fingerprint density at radius 2 is 1.74 bits per heavy atom. The number of benzene rings is 1. The largest absolute Gasteiger partial charge is 0.392 e. The Hall–Kier alpha value is -3.26. The lowest BCUT2D eigenvalue weighted by Crippen LogP contribution is -2.62. The van der Waals surface area contributed by atoms with Gasteiger partial charge in [-0.1, -0.05) is 51.2 Å². The first-order valence-electron chi connectivity index (χ1n) is 20.3. The van der Waals surface area contributed by atoms with E-state index in [9.17, 15) is 19.8 Å². The predicted molar refractivity (Wildman–Crippen MR) is 215 cm³/mol. The number of hydrogen-bond acceptors (Lipinski definition) is 5. The molecule has 2 aromatic rings. The molecule has 2 fully saturated rings. The van der Waals surface area contributed by atoms with Gasteiger partial charge in [0.1, 0.15) is 6.04 Å². The summed E-state index contributed by atoms with van der Waals surface area (Å²) in [7, 11) is 0. The summed E-state index contributed by atoms with van der Waals surface area (Å²) in [6.45, 7) is 29.6. The first-order chi connectivity index (χ1) is 24.9. The zero-order valence-corrected chi connectivity index (χ0v) is 34.7. The molecule has 7 heteroatoms. The number of fused-ring (bicyclic) bond motifs is 11. The van der Waals surface area contributed by atoms with Crippen molar-refractivity contribution in [1.29, 1.82) is 0 Å². The van der Waals surface area contributed by atoms with Gasteiger partial charge in [-0.25, -0.2) is 0 Å². The number of nitrogens with zero attached hydrogens (tertiary/aromatic N) is 1. The third-order valence-electron chi connectivity index (χ3n) is 15.3. The first kappa shape index (κ1) is 37.7. The molecule has 0 radical (unpaired) electrons. The van der Waals surface area contributed by atoms with E-state index in [-0.39, 0.29) is 39.9 Å². The number of hydrogen-bond donors (Lipinski definition) is 3. The molecular weight excluding hydrogens is 673 g/mol. The van der Waals surface area contributed by atoms with Crippen LogP contribution in [0.3, 0.4) is 0 Å². The molecule has 0 bridgehead atoms. The van der Waals surface area contributed by atoms with Crippen LogP contribution >= 0.6 is 0 Å². The SMILES string of the molecule is C=C(C)C1C(=O)c2c3c(cc4c5c(n1c24)C1(C)C(CCC2C(C)(/C=C/C=C(\C)C(=O)NC(C)(C)C)C(O)CCC21C)C5)C1=CC(C)(C)OC(C)(C)C1C3O. The maximum atomic E-state index is 14.9. The average Bonchev–Trinajstić information content (AvgIpc) is 3.71. The second-order valence-corrected chi connectivity index (χ2v) is 20.7. The third-order valence-corrected chi connectivity index (χ3v) is 15.3. The van der Waals surface area contributed by atoms with Crippen molar-refractivity contribution in [2.45, 2.75) is 156 Å². The minimum absolute atomic E-state index is 0.0347. The van der Waals surface area contributed by atoms with Gasteiger partial charge in [0.05, 0.1) is 34.5 Å². The van der Waals surface area contributed by atoms with Crippen molar-refractivity contribution in [2.75, 3.05) is 0 Å². The molecule has 1 amide bonds. The van der Waals surface area contributed by atoms with Gasteiger partial charge in [0.25, 0.3) is 0 Å². The minimum Gasteiger partial charge on any atom is -0.392 e. The van der Waals surface area contributed by atoms with Crippen LogP contribution in [0.25, 0.3) is 16.5 Å². The molecule has 3 heterocycles. The number of rotatable bonds is 4. The molecule has 54 heavy (non-hydrogen) atoms. The number of carbonyl (C=O) groups excluding carboxylic acids is 2. The molecule has 9 atom stereocenters. The second kappa shape index (κ2) is 11.4. The number of nitrogens with one attached hydrogen (secondary N) is 1. The molecule has 3 N–H and O–H groups in total. The summed E-state index contributed by atoms with van der Waals surface area (Å²) < 4.78 is 8.91. The fraction of sp³-hybridized carbons (Fsp3) is 0.617. The van der Waals surface area contributed by atoms with Crippen LogP contribution in [0.4, 0.5) is 0 Å². The average molecular weight is 735 g/mol. The maximum absolute atomic E-state index is 14.9. The molecule has 8 rings (SSSR count). The molecule has 7 nitrogen and oxygen atoms in total. The van der Waals surface area contributed by atoms with Crippen molar-refractivity contribution in [3.63, 3.8) is 0 Å². The van der Waals surface area contributed by atoms with Crippen molar-refractivity contribution in [3.8, 4) is 0 Å². The van der Waals surface area contributed by atoms with E-state index in [1.807, 2.05) is 46.8 Å². The van der Waals surface area contributed by atoms with Crippen LogP contribution in [0.5, 0.6) is 0 Å². The molecule has 290 valence electrons. The number of Topliss-reactive ketones (excluding diaryl/α,β-unsaturated/α-hetero) is 1. The van der Waals surface area contributed by atoms with Crippen molar-refractivity contribution >= 4 is 28.2 Å². The molecule has 2 saturated carbocycles. The number of allylic oxidation sites excluding steroid dienone is 3. The molecule has 2 aliphatic heterocycles. The van der Waals surface area contributed by atoms with Crippen LogP contribution in [0, 0.1) is 28.6 Å². The fourth-order valence-electron chi connectivity index (χ4n) is 13.0. The van der Waals surface area contributed by atoms with Gasteiger partial charge in [0.15, 0.2) is 5.78 Å². The summed E-state index contributed by atoms with van der Waals surface area (Å²) in [6.07, 6.45) is 11.4. The molecule has 6 aliphatic rings. The topological polar surface area (TPSA) is 101 Å². The molecule has 1 aromatic heterocycles. The van der Waals surface area contributed by atoms with Gasteiger partial charge >= 0.3 is 0 Å². The molecule has 0 spiro atoms. The number of amides is 1. The van der Waals surface area contributed by atoms with Gasteiger partial charge in [0, 0.05) is 44.5 Å². The Morgan fingerprint density at radius 1 is 1.06 bits per heavy atom. The summed E-state index contributed by atoms with van der Waals surface area (Å²) in [6, 6.07) is 1.78. The van der Waals surface area contributed by atoms with E-state index < -0.39 is 34.9 Å². The van der Waals surface area contributed by atoms with Crippen LogP contribution < -0.4 is 5.32 Å². The number of ketones is 1. The highest BCUT2D eigenvalue weighted by Crippen LogP contribution is 2.71. The van der Waals surface area contributed by atoms with E-state index in [1.165, 1.54) is 11.3 Å². The molecule has 4 aliphatic carbocycles. The van der Waals surface area contributed by atoms with Gasteiger partial charge < -0.3 is 24.8 Å². The molecule has 1 aromatic carbocycles. The van der Waals surface area contributed by atoms with Crippen LogP contribution in [0.2, 0.25) is 0 Å². The van der Waals surface area contributed by atoms with Crippen molar-refractivity contribution < 1.29 is 24.5 Å². The van der Waals surface area contributed by atoms with Crippen LogP contribution in [-0.2, 0) is 21.4 Å². The molecule has 0 saturated heterocycles. The number of aliphatic hydroxyl groups is 2. The van der Waals surface area contributed by atoms with E-state index in [1.54, 1.807) is 0 Å². The highest BCUT2D eigenvalue weighted by molar-refractivity contribution is 6.18. The zero-order valence-electron chi connectivity index (χ0n) is 34.7. The smallest absolute Gasteiger partial charge is 0.247 e. The second-order valence-electron chi connectivity index (χ2n) is 20.7. The lowest BCUT2D eigenvalue weighted by Gasteiger charge is -2.64. The fourth-order valence-corrected chi connectivity index (χ4v) is 13.0. The Bertz CT molecular complexity index is 2140. The summed E-state index contributed by atoms with van der Waals surface area (Å²) in [5.41, 5.74) is 6.09. The van der Waals surface area contributed by atoms with Crippen molar-refractivity contribution in [2.24, 2.45) is 28.6 Å². The van der Waals surface area contributed by atoms with Gasteiger partial charge in [0.2, 0.25) is 5.91 Å². The van der Waals surface area contributed by atoms with E-state index in [0.29, 0.717) is 23.5 Å². The quantitative estimate of drug-likeness (QED) is 0.165. The number of aromatic nitrogens is 1. The number of ether oxygens (including phenoxy) is 1. The predicted octanol–water partition coefficient (Wildman–Crippen LogP) is 9.01.